The van der Waals surface area contributed by atoms with Crippen LogP contribution in [-0.2, 0) is 0 Å². The second kappa shape index (κ2) is 10.4. The van der Waals surface area contributed by atoms with Gasteiger partial charge in [-0.3, -0.25) is 0 Å². The van der Waals surface area contributed by atoms with Gasteiger partial charge in [0, 0.05) is 5.92 Å². The highest BCUT2D eigenvalue weighted by molar-refractivity contribution is 5.41. The first-order valence-electron chi connectivity index (χ1n) is 9.78. The van der Waals surface area contributed by atoms with Crippen LogP contribution < -0.4 is 4.74 Å². The zero-order chi connectivity index (χ0) is 18.1. The van der Waals surface area contributed by atoms with Crippen molar-refractivity contribution in [3.63, 3.8) is 0 Å². The first-order valence-corrected chi connectivity index (χ1v) is 9.78. The molecule has 1 aromatic carbocycles. The Balaban J connectivity index is 1.85. The Hall–Kier alpha value is -1.56. The summed E-state index contributed by atoms with van der Waals surface area (Å²) in [5.41, 5.74) is 0.127. The number of ether oxygens (including phenoxy) is 1. The predicted octanol–water partition coefficient (Wildman–Crippen LogP) is 6.49. The average molecular weight is 348 g/mol. The summed E-state index contributed by atoms with van der Waals surface area (Å²) in [6, 6.07) is 2.97. The highest BCUT2D eigenvalue weighted by Crippen LogP contribution is 2.32. The lowest BCUT2D eigenvalue weighted by Gasteiger charge is -2.25. The summed E-state index contributed by atoms with van der Waals surface area (Å²) in [4.78, 5) is 0. The van der Waals surface area contributed by atoms with Gasteiger partial charge in [0.05, 0.1) is 12.2 Å². The van der Waals surface area contributed by atoms with Crippen LogP contribution in [-0.4, -0.2) is 6.61 Å². The molecular weight excluding hydrogens is 318 g/mol. The van der Waals surface area contributed by atoms with Gasteiger partial charge in [-0.25, -0.2) is 4.39 Å². The molecule has 0 radical (unpaired) electrons. The number of unbranched alkanes of at least 4 members (excludes halogenated alkanes) is 3. The van der Waals surface area contributed by atoms with E-state index in [9.17, 15) is 8.78 Å². The standard InChI is InChI=1S/C22H30F2O/c1-3-5-6-7-8-17-9-11-18(12-10-17)13-14-19-15-16-20(25-4-2)22(24)21(19)23/h15-18H,3-12H2,1-2H3. The number of benzene rings is 1. The zero-order valence-electron chi connectivity index (χ0n) is 15.5. The second-order valence-corrected chi connectivity index (χ2v) is 7.01. The molecule has 0 atom stereocenters. The molecule has 1 fully saturated rings. The van der Waals surface area contributed by atoms with Gasteiger partial charge in [-0.15, -0.1) is 0 Å². The minimum Gasteiger partial charge on any atom is -0.491 e. The third kappa shape index (κ3) is 6.03. The van der Waals surface area contributed by atoms with Crippen molar-refractivity contribution >= 4 is 0 Å². The topological polar surface area (TPSA) is 9.23 Å². The SMILES string of the molecule is CCCCCCC1CCC(C#Cc2ccc(OCC)c(F)c2F)CC1. The fourth-order valence-electron chi connectivity index (χ4n) is 3.53. The van der Waals surface area contributed by atoms with Crippen molar-refractivity contribution < 1.29 is 13.5 Å². The van der Waals surface area contributed by atoms with E-state index < -0.39 is 11.6 Å². The molecule has 0 saturated heterocycles. The lowest BCUT2D eigenvalue weighted by atomic mass is 9.80. The summed E-state index contributed by atoms with van der Waals surface area (Å²) in [7, 11) is 0. The summed E-state index contributed by atoms with van der Waals surface area (Å²) in [5.74, 6) is 5.25. The zero-order valence-corrected chi connectivity index (χ0v) is 15.5. The lowest BCUT2D eigenvalue weighted by molar-refractivity contribution is 0.294. The van der Waals surface area contributed by atoms with Crippen molar-refractivity contribution in [1.29, 1.82) is 0 Å². The fraction of sp³-hybridized carbons (Fsp3) is 0.636. The van der Waals surface area contributed by atoms with Gasteiger partial charge in [0.2, 0.25) is 5.82 Å². The number of hydrogen-bond donors (Lipinski definition) is 0. The van der Waals surface area contributed by atoms with Gasteiger partial charge in [0.15, 0.2) is 11.6 Å². The Kier molecular flexibility index (Phi) is 8.25. The molecule has 3 heteroatoms. The Labute approximate surface area is 151 Å². The van der Waals surface area contributed by atoms with Crippen molar-refractivity contribution in [1.82, 2.24) is 0 Å². The van der Waals surface area contributed by atoms with E-state index in [-0.39, 0.29) is 11.3 Å². The Morgan fingerprint density at radius 3 is 2.44 bits per heavy atom. The van der Waals surface area contributed by atoms with Gasteiger partial charge in [0.1, 0.15) is 0 Å². The Bertz CT molecular complexity index is 592. The molecule has 0 unspecified atom stereocenters. The molecule has 0 aromatic heterocycles. The minimum absolute atomic E-state index is 0.0471. The van der Waals surface area contributed by atoms with Crippen molar-refractivity contribution in [2.45, 2.75) is 71.6 Å². The molecule has 0 aliphatic heterocycles. The van der Waals surface area contributed by atoms with Gasteiger partial charge in [0.25, 0.3) is 0 Å². The van der Waals surface area contributed by atoms with Gasteiger partial charge < -0.3 is 4.74 Å². The third-order valence-electron chi connectivity index (χ3n) is 5.07. The van der Waals surface area contributed by atoms with Gasteiger partial charge in [-0.2, -0.15) is 4.39 Å². The number of hydrogen-bond acceptors (Lipinski definition) is 1. The largest absolute Gasteiger partial charge is 0.491 e. The minimum atomic E-state index is -0.940. The molecule has 1 nitrogen and oxygen atoms in total. The maximum Gasteiger partial charge on any atom is 0.201 e. The van der Waals surface area contributed by atoms with E-state index in [0.717, 1.165) is 18.8 Å². The van der Waals surface area contributed by atoms with Crippen molar-refractivity contribution in [2.75, 3.05) is 6.61 Å². The summed E-state index contributed by atoms with van der Waals surface area (Å²) < 4.78 is 33.0. The normalized spacial score (nSPS) is 20.0. The van der Waals surface area contributed by atoms with E-state index in [0.29, 0.717) is 12.5 Å². The lowest BCUT2D eigenvalue weighted by Crippen LogP contribution is -2.13. The highest BCUT2D eigenvalue weighted by atomic mass is 19.2. The smallest absolute Gasteiger partial charge is 0.201 e. The van der Waals surface area contributed by atoms with Crippen LogP contribution in [0.2, 0.25) is 0 Å². The molecule has 0 amide bonds. The summed E-state index contributed by atoms with van der Waals surface area (Å²) >= 11 is 0. The van der Waals surface area contributed by atoms with Gasteiger partial charge in [-0.1, -0.05) is 50.9 Å². The van der Waals surface area contributed by atoms with Gasteiger partial charge >= 0.3 is 0 Å². The molecule has 0 N–H and O–H groups in total. The molecule has 138 valence electrons. The molecule has 25 heavy (non-hydrogen) atoms. The van der Waals surface area contributed by atoms with Crippen molar-refractivity contribution in [2.24, 2.45) is 11.8 Å². The molecular formula is C22H30F2O. The number of rotatable bonds is 7. The van der Waals surface area contributed by atoms with Gasteiger partial charge in [-0.05, 0) is 50.7 Å². The summed E-state index contributed by atoms with van der Waals surface area (Å²) in [5, 5.41) is 0. The summed E-state index contributed by atoms with van der Waals surface area (Å²) in [6.45, 7) is 4.29. The maximum atomic E-state index is 14.0. The molecule has 0 spiro atoms. The highest BCUT2D eigenvalue weighted by Gasteiger charge is 2.19. The van der Waals surface area contributed by atoms with Crippen LogP contribution in [0.1, 0.15) is 77.2 Å². The van der Waals surface area contributed by atoms with Crippen molar-refractivity contribution in [3.8, 4) is 17.6 Å². The Morgan fingerprint density at radius 2 is 1.76 bits per heavy atom. The molecule has 1 aliphatic rings. The van der Waals surface area contributed by atoms with Crippen LogP contribution in [0.25, 0.3) is 0 Å². The molecule has 1 aromatic rings. The first-order chi connectivity index (χ1) is 12.2. The van der Waals surface area contributed by atoms with Crippen LogP contribution in [0.5, 0.6) is 5.75 Å². The fourth-order valence-corrected chi connectivity index (χ4v) is 3.53. The van der Waals surface area contributed by atoms with Crippen LogP contribution in [0, 0.1) is 35.3 Å². The van der Waals surface area contributed by atoms with E-state index in [4.69, 9.17) is 4.74 Å². The van der Waals surface area contributed by atoms with E-state index in [1.54, 1.807) is 6.92 Å². The monoisotopic (exact) mass is 348 g/mol. The first kappa shape index (κ1) is 19.8. The molecule has 0 heterocycles. The van der Waals surface area contributed by atoms with Crippen LogP contribution >= 0.6 is 0 Å². The summed E-state index contributed by atoms with van der Waals surface area (Å²) in [6.07, 6.45) is 11.2. The van der Waals surface area contributed by atoms with E-state index in [2.05, 4.69) is 18.8 Å². The maximum absolute atomic E-state index is 14.0. The molecule has 1 saturated carbocycles. The molecule has 1 aliphatic carbocycles. The van der Waals surface area contributed by atoms with Crippen LogP contribution in [0.15, 0.2) is 12.1 Å². The van der Waals surface area contributed by atoms with Crippen molar-refractivity contribution in [3.05, 3.63) is 29.3 Å². The van der Waals surface area contributed by atoms with Crippen LogP contribution in [0.4, 0.5) is 8.78 Å². The van der Waals surface area contributed by atoms with Crippen LogP contribution in [0.3, 0.4) is 0 Å². The molecule has 2 rings (SSSR count). The number of halogens is 2. The quantitative estimate of drug-likeness (QED) is 0.404. The second-order valence-electron chi connectivity index (χ2n) is 7.01. The molecule has 0 bridgehead atoms. The average Bonchev–Trinajstić information content (AvgIpc) is 2.63. The predicted molar refractivity (Wildman–Crippen MR) is 98.6 cm³/mol. The van der Waals surface area contributed by atoms with E-state index >= 15 is 0 Å². The van der Waals surface area contributed by atoms with E-state index in [1.165, 1.54) is 57.1 Å². The Morgan fingerprint density at radius 1 is 1.00 bits per heavy atom. The third-order valence-corrected chi connectivity index (χ3v) is 5.07. The van der Waals surface area contributed by atoms with E-state index in [1.807, 2.05) is 0 Å².